The maximum Gasteiger partial charge on any atom is 0.332 e. The highest BCUT2D eigenvalue weighted by Gasteiger charge is 2.00. The minimum Gasteiger partial charge on any atom is -0.478 e. The Bertz CT molecular complexity index is 491. The Kier molecular flexibility index (Phi) is 7.96. The number of unbranched alkanes of at least 4 members (excludes halogenated alkanes) is 3. The van der Waals surface area contributed by atoms with Crippen LogP contribution in [0.25, 0.3) is 0 Å². The fourth-order valence-corrected chi connectivity index (χ4v) is 1.89. The van der Waals surface area contributed by atoms with Crippen LogP contribution in [0.15, 0.2) is 17.8 Å². The van der Waals surface area contributed by atoms with Crippen LogP contribution in [0.4, 0.5) is 0 Å². The average molecular weight is 307 g/mol. The predicted molar refractivity (Wildman–Crippen MR) is 84.4 cm³/mol. The third kappa shape index (κ3) is 8.24. The summed E-state index contributed by atoms with van der Waals surface area (Å²) in [5, 5.41) is 0. The topological polar surface area (TPSA) is 87.3 Å². The zero-order chi connectivity index (χ0) is 16.4. The van der Waals surface area contributed by atoms with Crippen LogP contribution in [0.2, 0.25) is 0 Å². The number of aryl methyl sites for hydroxylation is 2. The number of aromatic nitrogens is 2. The van der Waals surface area contributed by atoms with Crippen molar-refractivity contribution >= 4 is 5.97 Å². The summed E-state index contributed by atoms with van der Waals surface area (Å²) in [5.74, 6) is 0.972. The monoisotopic (exact) mass is 307 g/mol. The molecule has 0 bridgehead atoms. The van der Waals surface area contributed by atoms with Crippen LogP contribution in [0.5, 0.6) is 5.88 Å². The van der Waals surface area contributed by atoms with Gasteiger partial charge in [-0.05, 0) is 46.5 Å². The van der Waals surface area contributed by atoms with Gasteiger partial charge >= 0.3 is 5.97 Å². The van der Waals surface area contributed by atoms with Crippen molar-refractivity contribution in [1.82, 2.24) is 9.97 Å². The second kappa shape index (κ2) is 9.76. The Balaban J connectivity index is 2.04. The molecular weight excluding hydrogens is 282 g/mol. The zero-order valence-electron chi connectivity index (χ0n) is 13.6. The molecule has 1 heterocycles. The number of allylic oxidation sites excluding steroid dienone is 1. The molecule has 0 saturated heterocycles. The van der Waals surface area contributed by atoms with E-state index in [0.717, 1.165) is 37.2 Å². The first kappa shape index (κ1) is 17.9. The van der Waals surface area contributed by atoms with Crippen LogP contribution in [0.3, 0.4) is 0 Å². The van der Waals surface area contributed by atoms with Crippen molar-refractivity contribution in [3.05, 3.63) is 29.4 Å². The first-order valence-corrected chi connectivity index (χ1v) is 7.53. The van der Waals surface area contributed by atoms with E-state index in [2.05, 4.69) is 9.97 Å². The van der Waals surface area contributed by atoms with Crippen molar-refractivity contribution < 1.29 is 14.3 Å². The van der Waals surface area contributed by atoms with Gasteiger partial charge in [-0.25, -0.2) is 9.78 Å². The number of hydrogen-bond donors (Lipinski definition) is 1. The third-order valence-corrected chi connectivity index (χ3v) is 2.82. The Hall–Kier alpha value is -2.11. The van der Waals surface area contributed by atoms with Crippen LogP contribution < -0.4 is 10.5 Å². The Morgan fingerprint density at radius 2 is 1.86 bits per heavy atom. The summed E-state index contributed by atoms with van der Waals surface area (Å²) < 4.78 is 10.6. The minimum absolute atomic E-state index is 0.377. The van der Waals surface area contributed by atoms with Gasteiger partial charge in [0.2, 0.25) is 5.88 Å². The molecule has 6 nitrogen and oxygen atoms in total. The second-order valence-corrected chi connectivity index (χ2v) is 5.21. The molecule has 1 rings (SSSR count). The number of carbonyl (C=O) groups excluding carboxylic acids is 1. The van der Waals surface area contributed by atoms with E-state index in [4.69, 9.17) is 15.2 Å². The lowest BCUT2D eigenvalue weighted by atomic mass is 10.2. The molecule has 122 valence electrons. The van der Waals surface area contributed by atoms with Crippen molar-refractivity contribution in [2.75, 3.05) is 13.2 Å². The maximum atomic E-state index is 11.2. The summed E-state index contributed by atoms with van der Waals surface area (Å²) >= 11 is 0. The van der Waals surface area contributed by atoms with E-state index in [9.17, 15) is 4.79 Å². The largest absolute Gasteiger partial charge is 0.478 e. The van der Waals surface area contributed by atoms with Crippen LogP contribution in [-0.4, -0.2) is 29.2 Å². The van der Waals surface area contributed by atoms with E-state index in [0.29, 0.717) is 24.8 Å². The predicted octanol–water partition coefficient (Wildman–Crippen LogP) is 2.44. The number of carbonyl (C=O) groups is 1. The lowest BCUT2D eigenvalue weighted by Gasteiger charge is -2.06. The molecule has 0 aromatic carbocycles. The van der Waals surface area contributed by atoms with Gasteiger partial charge in [0, 0.05) is 23.5 Å². The smallest absolute Gasteiger partial charge is 0.332 e. The molecule has 0 aliphatic heterocycles. The van der Waals surface area contributed by atoms with E-state index >= 15 is 0 Å². The number of nitrogens with zero attached hydrogens (tertiary/aromatic N) is 2. The molecule has 0 saturated carbocycles. The van der Waals surface area contributed by atoms with Crippen molar-refractivity contribution in [3.8, 4) is 5.88 Å². The normalized spacial score (nSPS) is 11.3. The summed E-state index contributed by atoms with van der Waals surface area (Å²) in [7, 11) is 0. The zero-order valence-corrected chi connectivity index (χ0v) is 13.6. The Morgan fingerprint density at radius 1 is 1.18 bits per heavy atom. The van der Waals surface area contributed by atoms with Crippen molar-refractivity contribution in [2.45, 2.75) is 46.5 Å². The molecule has 0 atom stereocenters. The SMILES string of the molecule is CC(N)=CC(=O)OCCCCCCOc1cc(C)nc(C)n1. The first-order valence-electron chi connectivity index (χ1n) is 7.53. The highest BCUT2D eigenvalue weighted by atomic mass is 16.5. The molecule has 6 heteroatoms. The molecule has 1 aromatic heterocycles. The van der Waals surface area contributed by atoms with Gasteiger partial charge in [0.1, 0.15) is 5.82 Å². The molecule has 0 unspecified atom stereocenters. The summed E-state index contributed by atoms with van der Waals surface area (Å²) in [5.41, 5.74) is 6.75. The summed E-state index contributed by atoms with van der Waals surface area (Å²) in [6, 6.07) is 1.83. The summed E-state index contributed by atoms with van der Waals surface area (Å²) in [6.45, 7) is 6.48. The number of nitrogens with two attached hydrogens (primary N) is 1. The van der Waals surface area contributed by atoms with Crippen LogP contribution in [0, 0.1) is 13.8 Å². The second-order valence-electron chi connectivity index (χ2n) is 5.21. The van der Waals surface area contributed by atoms with Gasteiger partial charge in [-0.3, -0.25) is 0 Å². The fraction of sp³-hybridized carbons (Fsp3) is 0.562. The van der Waals surface area contributed by atoms with Gasteiger partial charge in [0.05, 0.1) is 13.2 Å². The summed E-state index contributed by atoms with van der Waals surface area (Å²) in [4.78, 5) is 19.6. The lowest BCUT2D eigenvalue weighted by molar-refractivity contribution is -0.137. The van der Waals surface area contributed by atoms with Gasteiger partial charge in [0.15, 0.2) is 0 Å². The first-order chi connectivity index (χ1) is 10.5. The van der Waals surface area contributed by atoms with Crippen molar-refractivity contribution in [3.63, 3.8) is 0 Å². The molecule has 0 spiro atoms. The molecule has 1 aromatic rings. The fourth-order valence-electron chi connectivity index (χ4n) is 1.89. The Morgan fingerprint density at radius 3 is 2.50 bits per heavy atom. The molecule has 0 aliphatic rings. The molecule has 0 fully saturated rings. The number of rotatable bonds is 9. The highest BCUT2D eigenvalue weighted by Crippen LogP contribution is 2.09. The minimum atomic E-state index is -0.377. The van der Waals surface area contributed by atoms with Gasteiger partial charge in [-0.15, -0.1) is 0 Å². The average Bonchev–Trinajstić information content (AvgIpc) is 2.39. The van der Waals surface area contributed by atoms with E-state index in [1.165, 1.54) is 6.08 Å². The van der Waals surface area contributed by atoms with Crippen LogP contribution in [-0.2, 0) is 9.53 Å². The van der Waals surface area contributed by atoms with E-state index in [1.54, 1.807) is 6.92 Å². The Labute approximate surface area is 131 Å². The van der Waals surface area contributed by atoms with Crippen molar-refractivity contribution in [1.29, 1.82) is 0 Å². The van der Waals surface area contributed by atoms with E-state index < -0.39 is 0 Å². The van der Waals surface area contributed by atoms with Gasteiger partial charge in [-0.2, -0.15) is 4.98 Å². The quantitative estimate of drug-likeness (QED) is 0.428. The van der Waals surface area contributed by atoms with Crippen LogP contribution >= 0.6 is 0 Å². The summed E-state index contributed by atoms with van der Waals surface area (Å²) in [6.07, 6.45) is 5.09. The molecule has 2 N–H and O–H groups in total. The third-order valence-electron chi connectivity index (χ3n) is 2.82. The molecule has 0 aliphatic carbocycles. The van der Waals surface area contributed by atoms with Crippen molar-refractivity contribution in [2.24, 2.45) is 5.73 Å². The van der Waals surface area contributed by atoms with Gasteiger partial charge in [0.25, 0.3) is 0 Å². The number of hydrogen-bond acceptors (Lipinski definition) is 6. The molecule has 22 heavy (non-hydrogen) atoms. The maximum absolute atomic E-state index is 11.2. The molecule has 0 radical (unpaired) electrons. The van der Waals surface area contributed by atoms with Crippen LogP contribution in [0.1, 0.15) is 44.1 Å². The molecular formula is C16H25N3O3. The standard InChI is InChI=1S/C16H25N3O3/c1-12(17)10-16(20)22-9-7-5-4-6-8-21-15-11-13(2)18-14(3)19-15/h10-11H,4-9,17H2,1-3H3. The molecule has 0 amide bonds. The lowest BCUT2D eigenvalue weighted by Crippen LogP contribution is -2.05. The van der Waals surface area contributed by atoms with Gasteiger partial charge in [-0.1, -0.05) is 0 Å². The highest BCUT2D eigenvalue weighted by molar-refractivity contribution is 5.82. The van der Waals surface area contributed by atoms with E-state index in [-0.39, 0.29) is 5.97 Å². The van der Waals surface area contributed by atoms with Gasteiger partial charge < -0.3 is 15.2 Å². The number of esters is 1. The number of ether oxygens (including phenoxy) is 2. The van der Waals surface area contributed by atoms with E-state index in [1.807, 2.05) is 19.9 Å².